The van der Waals surface area contributed by atoms with E-state index in [0.29, 0.717) is 5.56 Å². The molecule has 3 nitrogen and oxygen atoms in total. The molecule has 29 heavy (non-hydrogen) atoms. The average molecular weight is 512 g/mol. The number of carbonyl (C=O) groups excluding carboxylic acids is 1. The normalized spacial score (nSPS) is 19.4. The Kier molecular flexibility index (Phi) is 6.39. The van der Waals surface area contributed by atoms with Crippen LogP contribution in [-0.4, -0.2) is 29.6 Å². The molecule has 1 aromatic heterocycles. The van der Waals surface area contributed by atoms with E-state index in [-0.39, 0.29) is 5.97 Å². The number of hydrogen-bond donors (Lipinski definition) is 0. The summed E-state index contributed by atoms with van der Waals surface area (Å²) in [6.45, 7) is 0. The van der Waals surface area contributed by atoms with Crippen molar-refractivity contribution in [1.29, 1.82) is 0 Å². The molecule has 0 amide bonds. The molecule has 0 aliphatic carbocycles. The fourth-order valence-electron chi connectivity index (χ4n) is 2.65. The molecule has 0 atom stereocenters. The van der Waals surface area contributed by atoms with Crippen molar-refractivity contribution in [2.75, 3.05) is 18.6 Å². The minimum atomic E-state index is -0.335. The highest BCUT2D eigenvalue weighted by Gasteiger charge is 2.28. The van der Waals surface area contributed by atoms with Crippen LogP contribution in [0.1, 0.15) is 15.4 Å². The Hall–Kier alpha value is -0.360. The standard InChI is InChI=1S/C19H13NO2S7/c1-22-15(21)10-2-4-13-12(8-10)20-14(27-13)5-3-11-9-25-18(26-11)19-28-16-17(29-19)24-7-6-23-16/h2-5,8-9H,6-7H2,1H3/b5-3+. The number of nitrogens with zero attached hydrogens (tertiary/aromatic N) is 1. The summed E-state index contributed by atoms with van der Waals surface area (Å²) < 4.78 is 11.6. The van der Waals surface area contributed by atoms with E-state index in [9.17, 15) is 4.79 Å². The SMILES string of the molecule is COC(=O)c1ccc2sc(/C=C/C3=CSC(=C4SC5=C(SCCS5)S4)S3)nc2c1. The molecule has 0 spiro atoms. The number of allylic oxidation sites excluding steroid dienone is 1. The molecular formula is C19H13NO2S7. The summed E-state index contributed by atoms with van der Waals surface area (Å²) in [6, 6.07) is 5.50. The second-order valence-electron chi connectivity index (χ2n) is 5.85. The number of aromatic nitrogens is 1. The number of rotatable bonds is 3. The van der Waals surface area contributed by atoms with Gasteiger partial charge in [-0.1, -0.05) is 47.0 Å². The summed E-state index contributed by atoms with van der Waals surface area (Å²) in [5.74, 6) is 2.10. The molecule has 2 aromatic rings. The number of methoxy groups -OCH3 is 1. The van der Waals surface area contributed by atoms with Gasteiger partial charge in [0, 0.05) is 16.4 Å². The molecule has 0 saturated carbocycles. The fourth-order valence-corrected chi connectivity index (χ4v) is 11.9. The average Bonchev–Trinajstić information content (AvgIpc) is 3.47. The lowest BCUT2D eigenvalue weighted by atomic mass is 10.2. The lowest BCUT2D eigenvalue weighted by molar-refractivity contribution is 0.0601. The fraction of sp³-hybridized carbons (Fsp3) is 0.158. The van der Waals surface area contributed by atoms with Gasteiger partial charge in [-0.25, -0.2) is 9.78 Å². The van der Waals surface area contributed by atoms with Crippen molar-refractivity contribution in [3.8, 4) is 0 Å². The maximum atomic E-state index is 11.7. The number of thioether (sulfide) groups is 6. The molecule has 0 radical (unpaired) electrons. The molecule has 0 fully saturated rings. The van der Waals surface area contributed by atoms with Crippen molar-refractivity contribution in [2.45, 2.75) is 0 Å². The van der Waals surface area contributed by atoms with Gasteiger partial charge in [-0.2, -0.15) is 0 Å². The first-order valence-corrected chi connectivity index (χ1v) is 14.6. The van der Waals surface area contributed by atoms with Crippen molar-refractivity contribution in [2.24, 2.45) is 0 Å². The van der Waals surface area contributed by atoms with E-state index in [4.69, 9.17) is 4.74 Å². The van der Waals surface area contributed by atoms with E-state index in [1.165, 1.54) is 40.5 Å². The summed E-state index contributed by atoms with van der Waals surface area (Å²) in [7, 11) is 1.39. The van der Waals surface area contributed by atoms with Crippen LogP contribution in [0.5, 0.6) is 0 Å². The van der Waals surface area contributed by atoms with Crippen molar-refractivity contribution >= 4 is 104 Å². The maximum Gasteiger partial charge on any atom is 0.337 e. The molecule has 0 unspecified atom stereocenters. The number of ether oxygens (including phenoxy) is 1. The molecule has 1 aromatic carbocycles. The second kappa shape index (κ2) is 9.02. The highest BCUT2D eigenvalue weighted by molar-refractivity contribution is 8.43. The van der Waals surface area contributed by atoms with E-state index < -0.39 is 0 Å². The Morgan fingerprint density at radius 2 is 1.83 bits per heavy atom. The van der Waals surface area contributed by atoms with Gasteiger partial charge in [-0.15, -0.1) is 34.9 Å². The zero-order chi connectivity index (χ0) is 19.8. The van der Waals surface area contributed by atoms with E-state index >= 15 is 0 Å². The lowest BCUT2D eigenvalue weighted by Crippen LogP contribution is -2.00. The van der Waals surface area contributed by atoms with Crippen LogP contribution in [0.15, 0.2) is 51.5 Å². The number of benzene rings is 1. The van der Waals surface area contributed by atoms with Crippen LogP contribution >= 0.6 is 81.9 Å². The smallest absolute Gasteiger partial charge is 0.337 e. The van der Waals surface area contributed by atoms with Gasteiger partial charge in [0.2, 0.25) is 0 Å². The van der Waals surface area contributed by atoms with Crippen LogP contribution in [0.25, 0.3) is 16.3 Å². The first kappa shape index (κ1) is 20.5. The van der Waals surface area contributed by atoms with Gasteiger partial charge in [0.25, 0.3) is 0 Å². The molecule has 5 rings (SSSR count). The second-order valence-corrected chi connectivity index (χ2v) is 14.2. The van der Waals surface area contributed by atoms with Crippen molar-refractivity contribution in [3.05, 3.63) is 62.1 Å². The topological polar surface area (TPSA) is 39.2 Å². The summed E-state index contributed by atoms with van der Waals surface area (Å²) >= 11 is 13.1. The Morgan fingerprint density at radius 1 is 1.03 bits per heavy atom. The molecule has 0 bridgehead atoms. The Balaban J connectivity index is 1.28. The number of esters is 1. The number of thiazole rings is 1. The van der Waals surface area contributed by atoms with Gasteiger partial charge >= 0.3 is 5.97 Å². The maximum absolute atomic E-state index is 11.7. The number of hydrogen-bond acceptors (Lipinski definition) is 10. The predicted molar refractivity (Wildman–Crippen MR) is 137 cm³/mol. The van der Waals surface area contributed by atoms with Gasteiger partial charge in [-0.05, 0) is 35.8 Å². The molecule has 0 saturated heterocycles. The molecular weight excluding hydrogens is 499 g/mol. The van der Waals surface area contributed by atoms with Crippen LogP contribution in [0.2, 0.25) is 0 Å². The first-order valence-electron chi connectivity index (χ1n) is 8.51. The van der Waals surface area contributed by atoms with Crippen LogP contribution in [0.4, 0.5) is 0 Å². The number of carbonyl (C=O) groups is 1. The van der Waals surface area contributed by atoms with E-state index in [0.717, 1.165) is 15.2 Å². The third-order valence-corrected chi connectivity index (χ3v) is 13.6. The summed E-state index contributed by atoms with van der Waals surface area (Å²) in [4.78, 5) is 17.6. The summed E-state index contributed by atoms with van der Waals surface area (Å²) in [6.07, 6.45) is 4.19. The Bertz CT molecular complexity index is 1110. The Morgan fingerprint density at radius 3 is 2.59 bits per heavy atom. The summed E-state index contributed by atoms with van der Waals surface area (Å²) in [5.41, 5.74) is 1.36. The summed E-state index contributed by atoms with van der Waals surface area (Å²) in [5, 5.41) is 3.15. The monoisotopic (exact) mass is 511 g/mol. The molecule has 10 heteroatoms. The number of fused-ring (bicyclic) bond motifs is 1. The van der Waals surface area contributed by atoms with Gasteiger partial charge in [0.15, 0.2) is 0 Å². The zero-order valence-electron chi connectivity index (χ0n) is 15.0. The highest BCUT2D eigenvalue weighted by Crippen LogP contribution is 2.63. The van der Waals surface area contributed by atoms with Crippen molar-refractivity contribution in [1.82, 2.24) is 4.98 Å². The van der Waals surface area contributed by atoms with Crippen molar-refractivity contribution < 1.29 is 9.53 Å². The molecule has 4 heterocycles. The van der Waals surface area contributed by atoms with E-state index in [1.807, 2.05) is 76.6 Å². The minimum absolute atomic E-state index is 0.335. The van der Waals surface area contributed by atoms with Crippen molar-refractivity contribution in [3.63, 3.8) is 0 Å². The first-order chi connectivity index (χ1) is 14.2. The molecule has 148 valence electrons. The van der Waals surface area contributed by atoms with Crippen LogP contribution in [0.3, 0.4) is 0 Å². The zero-order valence-corrected chi connectivity index (χ0v) is 20.7. The quantitative estimate of drug-likeness (QED) is 0.387. The molecule has 3 aliphatic rings. The van der Waals surface area contributed by atoms with Gasteiger partial charge in [0.1, 0.15) is 5.01 Å². The van der Waals surface area contributed by atoms with Gasteiger partial charge in [0.05, 0.1) is 39.8 Å². The molecule has 3 aliphatic heterocycles. The largest absolute Gasteiger partial charge is 0.465 e. The van der Waals surface area contributed by atoms with Crippen LogP contribution < -0.4 is 0 Å². The molecule has 0 N–H and O–H groups in total. The third-order valence-electron chi connectivity index (χ3n) is 3.96. The van der Waals surface area contributed by atoms with Crippen LogP contribution in [-0.2, 0) is 4.74 Å². The van der Waals surface area contributed by atoms with E-state index in [1.54, 1.807) is 23.5 Å². The lowest BCUT2D eigenvalue weighted by Gasteiger charge is -2.08. The Labute approximate surface area is 198 Å². The predicted octanol–water partition coefficient (Wildman–Crippen LogP) is 7.63. The van der Waals surface area contributed by atoms with Crippen LogP contribution in [0, 0.1) is 0 Å². The highest BCUT2D eigenvalue weighted by atomic mass is 32.3. The minimum Gasteiger partial charge on any atom is -0.465 e. The van der Waals surface area contributed by atoms with E-state index in [2.05, 4.69) is 22.5 Å². The third kappa shape index (κ3) is 4.49. The van der Waals surface area contributed by atoms with Gasteiger partial charge in [-0.3, -0.25) is 0 Å². The van der Waals surface area contributed by atoms with Gasteiger partial charge < -0.3 is 4.74 Å².